The Labute approximate surface area is 127 Å². The average molecular weight is 303 g/mol. The minimum Gasteiger partial charge on any atom is -0.465 e. The van der Waals surface area contributed by atoms with Crippen LogP contribution >= 0.6 is 0 Å². The van der Waals surface area contributed by atoms with Gasteiger partial charge in [0.05, 0.1) is 24.1 Å². The molecule has 0 saturated heterocycles. The molecule has 1 aromatic heterocycles. The van der Waals surface area contributed by atoms with Gasteiger partial charge in [0, 0.05) is 12.2 Å². The van der Waals surface area contributed by atoms with Gasteiger partial charge in [0.15, 0.2) is 0 Å². The summed E-state index contributed by atoms with van der Waals surface area (Å²) in [6, 6.07) is 6.41. The van der Waals surface area contributed by atoms with Crippen LogP contribution in [-0.2, 0) is 22.6 Å². The van der Waals surface area contributed by atoms with Crippen LogP contribution in [0.1, 0.15) is 21.7 Å². The van der Waals surface area contributed by atoms with Crippen molar-refractivity contribution in [2.45, 2.75) is 20.0 Å². The highest BCUT2D eigenvalue weighted by molar-refractivity contribution is 5.92. The molecule has 2 aromatic rings. The van der Waals surface area contributed by atoms with E-state index in [1.807, 2.05) is 0 Å². The molecule has 2 rings (SSSR count). The maximum absolute atomic E-state index is 12.0. The second kappa shape index (κ2) is 6.81. The smallest absolute Gasteiger partial charge is 0.337 e. The first-order valence-electron chi connectivity index (χ1n) is 6.62. The number of carbonyl (C=O) groups excluding carboxylic acids is 2. The number of hydrogen-bond acceptors (Lipinski definition) is 6. The van der Waals surface area contributed by atoms with Crippen molar-refractivity contribution in [3.63, 3.8) is 0 Å². The van der Waals surface area contributed by atoms with Gasteiger partial charge in [-0.05, 0) is 31.2 Å². The van der Waals surface area contributed by atoms with Gasteiger partial charge in [-0.2, -0.15) is 0 Å². The van der Waals surface area contributed by atoms with Gasteiger partial charge in [-0.1, -0.05) is 5.21 Å². The van der Waals surface area contributed by atoms with E-state index in [0.717, 1.165) is 5.69 Å². The molecule has 8 heteroatoms. The number of nitrogens with zero attached hydrogens (tertiary/aromatic N) is 3. The lowest BCUT2D eigenvalue weighted by atomic mass is 10.2. The van der Waals surface area contributed by atoms with Crippen LogP contribution in [0.4, 0.5) is 5.69 Å². The van der Waals surface area contributed by atoms with Gasteiger partial charge in [-0.25, -0.2) is 9.48 Å². The molecule has 1 heterocycles. The molecule has 1 amide bonds. The molecule has 0 bridgehead atoms. The van der Waals surface area contributed by atoms with Gasteiger partial charge in [0.25, 0.3) is 0 Å². The lowest BCUT2D eigenvalue weighted by Gasteiger charge is -2.07. The molecule has 0 unspecified atom stereocenters. The third kappa shape index (κ3) is 3.47. The van der Waals surface area contributed by atoms with E-state index in [9.17, 15) is 9.59 Å². The number of amides is 1. The molecule has 0 radical (unpaired) electrons. The first kappa shape index (κ1) is 15.6. The van der Waals surface area contributed by atoms with Crippen molar-refractivity contribution in [2.24, 2.45) is 5.73 Å². The minimum atomic E-state index is -0.426. The number of benzene rings is 1. The summed E-state index contributed by atoms with van der Waals surface area (Å²) >= 11 is 0. The summed E-state index contributed by atoms with van der Waals surface area (Å²) in [5, 5.41) is 10.5. The third-order valence-electron chi connectivity index (χ3n) is 3.15. The molecule has 8 nitrogen and oxygen atoms in total. The zero-order chi connectivity index (χ0) is 16.1. The van der Waals surface area contributed by atoms with E-state index in [4.69, 9.17) is 5.73 Å². The van der Waals surface area contributed by atoms with Gasteiger partial charge < -0.3 is 15.8 Å². The summed E-state index contributed by atoms with van der Waals surface area (Å²) < 4.78 is 6.09. The quantitative estimate of drug-likeness (QED) is 0.776. The highest BCUT2D eigenvalue weighted by atomic mass is 16.5. The molecular formula is C14H17N5O3. The molecule has 0 aliphatic heterocycles. The zero-order valence-electron chi connectivity index (χ0n) is 12.4. The summed E-state index contributed by atoms with van der Waals surface area (Å²) in [7, 11) is 1.31. The highest BCUT2D eigenvalue weighted by Gasteiger charge is 2.11. The Morgan fingerprint density at radius 3 is 2.55 bits per heavy atom. The van der Waals surface area contributed by atoms with Crippen LogP contribution in [-0.4, -0.2) is 34.0 Å². The van der Waals surface area contributed by atoms with Gasteiger partial charge in [0.2, 0.25) is 5.91 Å². The second-order valence-electron chi connectivity index (χ2n) is 4.60. The van der Waals surface area contributed by atoms with E-state index in [1.54, 1.807) is 31.2 Å². The van der Waals surface area contributed by atoms with Gasteiger partial charge in [-0.15, -0.1) is 5.10 Å². The number of hydrogen-bond donors (Lipinski definition) is 2. The molecule has 0 fully saturated rings. The lowest BCUT2D eigenvalue weighted by Crippen LogP contribution is -2.20. The molecule has 0 spiro atoms. The van der Waals surface area contributed by atoms with Crippen molar-refractivity contribution in [1.82, 2.24) is 15.0 Å². The van der Waals surface area contributed by atoms with E-state index < -0.39 is 5.97 Å². The molecule has 0 saturated carbocycles. The number of ether oxygens (including phenoxy) is 1. The summed E-state index contributed by atoms with van der Waals surface area (Å²) in [5.41, 5.74) is 7.93. The number of methoxy groups -OCH3 is 1. The van der Waals surface area contributed by atoms with E-state index in [2.05, 4.69) is 20.4 Å². The SMILES string of the molecule is COC(=O)c1ccc(NC(=O)Cn2nnc(CN)c2C)cc1. The molecule has 116 valence electrons. The van der Waals surface area contributed by atoms with E-state index in [1.165, 1.54) is 11.8 Å². The zero-order valence-corrected chi connectivity index (χ0v) is 12.4. The van der Waals surface area contributed by atoms with Crippen LogP contribution in [0.2, 0.25) is 0 Å². The van der Waals surface area contributed by atoms with Crippen molar-refractivity contribution in [1.29, 1.82) is 0 Å². The maximum Gasteiger partial charge on any atom is 0.337 e. The topological polar surface area (TPSA) is 112 Å². The Hall–Kier alpha value is -2.74. The number of esters is 1. The van der Waals surface area contributed by atoms with Crippen LogP contribution in [0.3, 0.4) is 0 Å². The predicted molar refractivity (Wildman–Crippen MR) is 79.1 cm³/mol. The van der Waals surface area contributed by atoms with E-state index >= 15 is 0 Å². The standard InChI is InChI=1S/C14H17N5O3/c1-9-12(7-15)17-18-19(9)8-13(20)16-11-5-3-10(4-6-11)14(21)22-2/h3-6H,7-8,15H2,1-2H3,(H,16,20). The number of nitrogens with two attached hydrogens (primary N) is 1. The van der Waals surface area contributed by atoms with Crippen LogP contribution in [0, 0.1) is 6.92 Å². The van der Waals surface area contributed by atoms with Crippen molar-refractivity contribution >= 4 is 17.6 Å². The van der Waals surface area contributed by atoms with Gasteiger partial charge in [0.1, 0.15) is 6.54 Å². The van der Waals surface area contributed by atoms with Crippen molar-refractivity contribution < 1.29 is 14.3 Å². The summed E-state index contributed by atoms with van der Waals surface area (Å²) in [6.45, 7) is 2.13. The lowest BCUT2D eigenvalue weighted by molar-refractivity contribution is -0.117. The average Bonchev–Trinajstić information content (AvgIpc) is 2.87. The van der Waals surface area contributed by atoms with E-state index in [0.29, 0.717) is 16.9 Å². The monoisotopic (exact) mass is 303 g/mol. The molecule has 1 aromatic carbocycles. The Balaban J connectivity index is 1.99. The third-order valence-corrected chi connectivity index (χ3v) is 3.15. The predicted octanol–water partition coefficient (Wildman–Crippen LogP) is 0.471. The minimum absolute atomic E-state index is 0.0393. The molecule has 3 N–H and O–H groups in total. The van der Waals surface area contributed by atoms with Crippen LogP contribution in [0.25, 0.3) is 0 Å². The molecule has 0 atom stereocenters. The van der Waals surface area contributed by atoms with Crippen LogP contribution in [0.5, 0.6) is 0 Å². The second-order valence-corrected chi connectivity index (χ2v) is 4.60. The van der Waals surface area contributed by atoms with Crippen LogP contribution in [0.15, 0.2) is 24.3 Å². The first-order chi connectivity index (χ1) is 10.5. The molecule has 0 aliphatic rings. The fourth-order valence-corrected chi connectivity index (χ4v) is 1.88. The Bertz CT molecular complexity index is 678. The van der Waals surface area contributed by atoms with Gasteiger partial charge >= 0.3 is 5.97 Å². The number of rotatable bonds is 5. The summed E-state index contributed by atoms with van der Waals surface area (Å²) in [4.78, 5) is 23.3. The maximum atomic E-state index is 12.0. The molecular weight excluding hydrogens is 286 g/mol. The normalized spacial score (nSPS) is 10.3. The highest BCUT2D eigenvalue weighted by Crippen LogP contribution is 2.11. The molecule has 22 heavy (non-hydrogen) atoms. The first-order valence-corrected chi connectivity index (χ1v) is 6.62. The Morgan fingerprint density at radius 2 is 2.00 bits per heavy atom. The Morgan fingerprint density at radius 1 is 1.32 bits per heavy atom. The fraction of sp³-hybridized carbons (Fsp3) is 0.286. The number of nitrogens with one attached hydrogen (secondary N) is 1. The van der Waals surface area contributed by atoms with Crippen molar-refractivity contribution in [3.8, 4) is 0 Å². The Kier molecular flexibility index (Phi) is 4.84. The summed E-state index contributed by atoms with van der Waals surface area (Å²) in [6.07, 6.45) is 0. The van der Waals surface area contributed by atoms with Crippen molar-refractivity contribution in [3.05, 3.63) is 41.2 Å². The van der Waals surface area contributed by atoms with E-state index in [-0.39, 0.29) is 19.0 Å². The fourth-order valence-electron chi connectivity index (χ4n) is 1.88. The largest absolute Gasteiger partial charge is 0.465 e. The van der Waals surface area contributed by atoms with Crippen molar-refractivity contribution in [2.75, 3.05) is 12.4 Å². The van der Waals surface area contributed by atoms with Gasteiger partial charge in [-0.3, -0.25) is 4.79 Å². The number of carbonyl (C=O) groups is 2. The summed E-state index contributed by atoms with van der Waals surface area (Å²) in [5.74, 6) is -0.673. The van der Waals surface area contributed by atoms with Crippen LogP contribution < -0.4 is 11.1 Å². The number of aromatic nitrogens is 3. The number of anilines is 1. The molecule has 0 aliphatic carbocycles.